The van der Waals surface area contributed by atoms with Gasteiger partial charge in [0.15, 0.2) is 0 Å². The zero-order valence-corrected chi connectivity index (χ0v) is 14.2. The number of hydrogen-bond donors (Lipinski definition) is 1. The molecule has 2 aliphatic rings. The largest absolute Gasteiger partial charge is 0.338 e. The lowest BCUT2D eigenvalue weighted by Gasteiger charge is -2.33. The van der Waals surface area contributed by atoms with Crippen molar-refractivity contribution in [3.63, 3.8) is 0 Å². The van der Waals surface area contributed by atoms with Gasteiger partial charge >= 0.3 is 0 Å². The van der Waals surface area contributed by atoms with Crippen molar-refractivity contribution in [1.82, 2.24) is 25.0 Å². The van der Waals surface area contributed by atoms with Gasteiger partial charge in [-0.2, -0.15) is 5.10 Å². The van der Waals surface area contributed by atoms with Crippen LogP contribution in [0.5, 0.6) is 0 Å². The van der Waals surface area contributed by atoms with Crippen LogP contribution in [0.4, 0.5) is 0 Å². The number of carbonyl (C=O) groups is 2. The number of fused-ring (bicyclic) bond motifs is 1. The number of likely N-dealkylation sites (tertiary alicyclic amines) is 2. The van der Waals surface area contributed by atoms with Crippen molar-refractivity contribution < 1.29 is 9.59 Å². The molecule has 0 saturated carbocycles. The summed E-state index contributed by atoms with van der Waals surface area (Å²) in [4.78, 5) is 33.2. The summed E-state index contributed by atoms with van der Waals surface area (Å²) in [7, 11) is 0. The molecular formula is C18H21N5O2. The average Bonchev–Trinajstić information content (AvgIpc) is 3.24. The molecule has 0 radical (unpaired) electrons. The monoisotopic (exact) mass is 339 g/mol. The maximum atomic E-state index is 12.9. The lowest BCUT2D eigenvalue weighted by Crippen LogP contribution is -2.44. The second-order valence-corrected chi connectivity index (χ2v) is 6.92. The number of aromatic amines is 1. The lowest BCUT2D eigenvalue weighted by molar-refractivity contribution is -0.140. The molecule has 7 nitrogen and oxygen atoms in total. The highest BCUT2D eigenvalue weighted by molar-refractivity contribution is 5.93. The molecule has 2 fully saturated rings. The molecule has 2 aromatic heterocycles. The Bertz CT molecular complexity index is 788. The van der Waals surface area contributed by atoms with Crippen LogP contribution in [0.15, 0.2) is 30.6 Å². The first kappa shape index (κ1) is 15.8. The normalized spacial score (nSPS) is 23.0. The third kappa shape index (κ3) is 3.01. The summed E-state index contributed by atoms with van der Waals surface area (Å²) in [6, 6.07) is 5.62. The topological polar surface area (TPSA) is 82.2 Å². The molecule has 1 N–H and O–H groups in total. The smallest absolute Gasteiger partial charge is 0.274 e. The number of aromatic nitrogens is 3. The van der Waals surface area contributed by atoms with E-state index in [1.165, 1.54) is 0 Å². The number of nitrogens with one attached hydrogen (secondary N) is 1. The van der Waals surface area contributed by atoms with E-state index < -0.39 is 0 Å². The molecule has 2 aromatic rings. The Morgan fingerprint density at radius 3 is 3.00 bits per heavy atom. The number of pyridine rings is 1. The van der Waals surface area contributed by atoms with E-state index in [0.717, 1.165) is 24.2 Å². The molecule has 2 amide bonds. The first-order chi connectivity index (χ1) is 12.1. The zero-order valence-electron chi connectivity index (χ0n) is 14.2. The van der Waals surface area contributed by atoms with Crippen LogP contribution in [-0.4, -0.2) is 56.4 Å². The van der Waals surface area contributed by atoms with E-state index in [9.17, 15) is 9.59 Å². The van der Waals surface area contributed by atoms with E-state index in [0.29, 0.717) is 25.3 Å². The third-order valence-corrected chi connectivity index (χ3v) is 5.15. The van der Waals surface area contributed by atoms with Crippen LogP contribution in [0.1, 0.15) is 28.2 Å². The number of nitrogens with zero attached hydrogens (tertiary/aromatic N) is 4. The van der Waals surface area contributed by atoms with Crippen molar-refractivity contribution in [3.05, 3.63) is 47.5 Å². The molecular weight excluding hydrogens is 318 g/mol. The van der Waals surface area contributed by atoms with Gasteiger partial charge in [0.25, 0.3) is 5.91 Å². The van der Waals surface area contributed by atoms with E-state index in [2.05, 4.69) is 15.2 Å². The van der Waals surface area contributed by atoms with Crippen molar-refractivity contribution in [2.75, 3.05) is 19.6 Å². The standard InChI is InChI=1S/C18H21N5O2/c1-12-7-16(21-20-12)18(25)23-10-14-4-6-22(17(24)15(14)11-23)9-13-3-2-5-19-8-13/h2-3,5,7-8,14-15H,4,6,9-11H2,1H3,(H,20,21). The Balaban J connectivity index is 1.44. The van der Waals surface area contributed by atoms with E-state index in [-0.39, 0.29) is 23.7 Å². The Kier molecular flexibility index (Phi) is 3.99. The summed E-state index contributed by atoms with van der Waals surface area (Å²) in [5.74, 6) is 0.204. The van der Waals surface area contributed by atoms with Crippen LogP contribution in [-0.2, 0) is 11.3 Å². The minimum atomic E-state index is -0.102. The summed E-state index contributed by atoms with van der Waals surface area (Å²) in [6.45, 7) is 4.31. The van der Waals surface area contributed by atoms with E-state index >= 15 is 0 Å². The molecule has 0 aromatic carbocycles. The van der Waals surface area contributed by atoms with Crippen molar-refractivity contribution in [2.45, 2.75) is 19.9 Å². The summed E-state index contributed by atoms with van der Waals surface area (Å²) >= 11 is 0. The van der Waals surface area contributed by atoms with Crippen molar-refractivity contribution in [2.24, 2.45) is 11.8 Å². The fourth-order valence-electron chi connectivity index (χ4n) is 3.83. The molecule has 130 valence electrons. The van der Waals surface area contributed by atoms with E-state index in [4.69, 9.17) is 0 Å². The van der Waals surface area contributed by atoms with Crippen molar-refractivity contribution >= 4 is 11.8 Å². The molecule has 0 aliphatic carbocycles. The van der Waals surface area contributed by atoms with Crippen LogP contribution in [0.3, 0.4) is 0 Å². The molecule has 0 bridgehead atoms. The summed E-state index contributed by atoms with van der Waals surface area (Å²) in [6.07, 6.45) is 4.46. The van der Waals surface area contributed by atoms with Gasteiger partial charge in [-0.3, -0.25) is 19.7 Å². The van der Waals surface area contributed by atoms with Crippen LogP contribution < -0.4 is 0 Å². The number of hydrogen-bond acceptors (Lipinski definition) is 4. The molecule has 2 atom stereocenters. The summed E-state index contributed by atoms with van der Waals surface area (Å²) < 4.78 is 0. The molecule has 2 aliphatic heterocycles. The van der Waals surface area contributed by atoms with Gasteiger partial charge in [0.1, 0.15) is 5.69 Å². The van der Waals surface area contributed by atoms with Gasteiger partial charge in [-0.25, -0.2) is 0 Å². The number of piperidine rings is 1. The highest BCUT2D eigenvalue weighted by Crippen LogP contribution is 2.33. The first-order valence-electron chi connectivity index (χ1n) is 8.61. The zero-order chi connectivity index (χ0) is 17.4. The number of carbonyl (C=O) groups excluding carboxylic acids is 2. The van der Waals surface area contributed by atoms with Gasteiger partial charge in [-0.15, -0.1) is 0 Å². The van der Waals surface area contributed by atoms with E-state index in [1.54, 1.807) is 23.4 Å². The Hall–Kier alpha value is -2.70. The number of rotatable bonds is 3. The molecule has 7 heteroatoms. The minimum Gasteiger partial charge on any atom is -0.338 e. The number of H-pyrrole nitrogens is 1. The van der Waals surface area contributed by atoms with Crippen LogP contribution in [0, 0.1) is 18.8 Å². The molecule has 4 rings (SSSR count). The van der Waals surface area contributed by atoms with Gasteiger partial charge in [0.2, 0.25) is 5.91 Å². The van der Waals surface area contributed by atoms with Crippen LogP contribution in [0.2, 0.25) is 0 Å². The van der Waals surface area contributed by atoms with Gasteiger partial charge in [0.05, 0.1) is 5.92 Å². The number of amides is 2. The fraction of sp³-hybridized carbons (Fsp3) is 0.444. The molecule has 2 unspecified atom stereocenters. The summed E-state index contributed by atoms with van der Waals surface area (Å²) in [5, 5.41) is 6.85. The molecule has 0 spiro atoms. The molecule has 2 saturated heterocycles. The van der Waals surface area contributed by atoms with Crippen molar-refractivity contribution in [1.29, 1.82) is 0 Å². The van der Waals surface area contributed by atoms with Gasteiger partial charge in [0, 0.05) is 44.3 Å². The summed E-state index contributed by atoms with van der Waals surface area (Å²) in [5.41, 5.74) is 2.32. The quantitative estimate of drug-likeness (QED) is 0.912. The molecule has 4 heterocycles. The van der Waals surface area contributed by atoms with Gasteiger partial charge in [-0.05, 0) is 37.0 Å². The van der Waals surface area contributed by atoms with Crippen LogP contribution >= 0.6 is 0 Å². The predicted octanol–water partition coefficient (Wildman–Crippen LogP) is 1.23. The SMILES string of the molecule is Cc1cc(C(=O)N2CC3CCN(Cc4cccnc4)C(=O)C3C2)n[nH]1. The lowest BCUT2D eigenvalue weighted by atomic mass is 9.88. The maximum Gasteiger partial charge on any atom is 0.274 e. The minimum absolute atomic E-state index is 0.0923. The first-order valence-corrected chi connectivity index (χ1v) is 8.61. The maximum absolute atomic E-state index is 12.9. The van der Waals surface area contributed by atoms with Crippen molar-refractivity contribution in [3.8, 4) is 0 Å². The van der Waals surface area contributed by atoms with Gasteiger partial charge in [-0.1, -0.05) is 6.07 Å². The Morgan fingerprint density at radius 1 is 1.40 bits per heavy atom. The second kappa shape index (κ2) is 6.31. The second-order valence-electron chi connectivity index (χ2n) is 6.92. The van der Waals surface area contributed by atoms with E-state index in [1.807, 2.05) is 24.0 Å². The Labute approximate surface area is 146 Å². The highest BCUT2D eigenvalue weighted by Gasteiger charge is 2.44. The third-order valence-electron chi connectivity index (χ3n) is 5.15. The fourth-order valence-corrected chi connectivity index (χ4v) is 3.83. The number of aryl methyl sites for hydroxylation is 1. The Morgan fingerprint density at radius 2 is 2.28 bits per heavy atom. The predicted molar refractivity (Wildman–Crippen MR) is 90.5 cm³/mol. The average molecular weight is 339 g/mol. The molecule has 25 heavy (non-hydrogen) atoms. The van der Waals surface area contributed by atoms with Crippen LogP contribution in [0.25, 0.3) is 0 Å². The highest BCUT2D eigenvalue weighted by atomic mass is 16.2. The van der Waals surface area contributed by atoms with Gasteiger partial charge < -0.3 is 9.80 Å².